The Labute approximate surface area is 215 Å². The molecule has 37 heavy (non-hydrogen) atoms. The minimum absolute atomic E-state index is 0.0124. The number of hydrogen-bond acceptors (Lipinski definition) is 4. The number of benzodiazepines with no additional fused rings is 1. The Morgan fingerprint density at radius 1 is 1.00 bits per heavy atom. The van der Waals surface area contributed by atoms with Crippen molar-refractivity contribution in [1.82, 2.24) is 5.32 Å². The number of Topliss-reactive ketones (excluding diaryl/α,β-unsaturated/α-hetero) is 1. The fourth-order valence-electron chi connectivity index (χ4n) is 3.97. The molecule has 0 saturated carbocycles. The molecule has 0 aliphatic carbocycles. The Bertz CT molecular complexity index is 1290. The Kier molecular flexibility index (Phi) is 9.38. The number of anilines is 1. The second-order valence-corrected chi connectivity index (χ2v) is 8.71. The summed E-state index contributed by atoms with van der Waals surface area (Å²) in [6.07, 6.45) is -0.0200. The molecule has 0 spiro atoms. The molecule has 1 aliphatic heterocycles. The number of halogens is 2. The second-order valence-electron chi connectivity index (χ2n) is 8.71. The van der Waals surface area contributed by atoms with Crippen LogP contribution in [0.25, 0.3) is 0 Å². The lowest BCUT2D eigenvalue weighted by Crippen LogP contribution is -2.27. The first-order valence-corrected chi connectivity index (χ1v) is 11.8. The van der Waals surface area contributed by atoms with Gasteiger partial charge in [0.15, 0.2) is 0 Å². The summed E-state index contributed by atoms with van der Waals surface area (Å²) in [5, 5.41) is 2.44. The lowest BCUT2D eigenvalue weighted by molar-refractivity contribution is -0.128. The summed E-state index contributed by atoms with van der Waals surface area (Å²) in [7, 11) is 3.29. The number of rotatable bonds is 6. The van der Waals surface area contributed by atoms with Crippen molar-refractivity contribution in [3.8, 4) is 0 Å². The van der Waals surface area contributed by atoms with Gasteiger partial charge in [0, 0.05) is 50.0 Å². The van der Waals surface area contributed by atoms with Gasteiger partial charge in [-0.1, -0.05) is 55.5 Å². The number of nitrogens with zero attached hydrogens (tertiary/aromatic N) is 2. The van der Waals surface area contributed by atoms with Gasteiger partial charge in [-0.15, -0.1) is 0 Å². The van der Waals surface area contributed by atoms with E-state index in [4.69, 9.17) is 0 Å². The fraction of sp³-hybridized carbons (Fsp3) is 0.241. The maximum atomic E-state index is 12.9. The number of carbonyl (C=O) groups excluding carboxylic acids is 3. The Hall–Kier alpha value is -4.20. The molecule has 6 nitrogen and oxygen atoms in total. The van der Waals surface area contributed by atoms with Gasteiger partial charge in [-0.05, 0) is 23.8 Å². The van der Waals surface area contributed by atoms with Crippen molar-refractivity contribution >= 4 is 29.0 Å². The molecule has 1 atom stereocenters. The van der Waals surface area contributed by atoms with E-state index in [1.54, 1.807) is 18.9 Å². The van der Waals surface area contributed by atoms with Crippen molar-refractivity contribution in [2.24, 2.45) is 10.9 Å². The largest absolute Gasteiger partial charge is 0.359 e. The predicted molar refractivity (Wildman–Crippen MR) is 140 cm³/mol. The molecule has 1 heterocycles. The number of likely N-dealkylation sites (N-methyl/N-ethyl adjacent to an activating group) is 1. The van der Waals surface area contributed by atoms with Crippen molar-refractivity contribution in [2.45, 2.75) is 19.8 Å². The maximum absolute atomic E-state index is 12.9. The third kappa shape index (κ3) is 7.39. The Balaban J connectivity index is 0.000000206. The molecule has 192 valence electrons. The molecule has 3 aromatic rings. The summed E-state index contributed by atoms with van der Waals surface area (Å²) in [6, 6.07) is 20.8. The summed E-state index contributed by atoms with van der Waals surface area (Å²) >= 11 is 0. The van der Waals surface area contributed by atoms with Crippen LogP contribution in [0.3, 0.4) is 0 Å². The molecular formula is C29H29F2N3O3. The quantitative estimate of drug-likeness (QED) is 0.541. The van der Waals surface area contributed by atoms with Crippen LogP contribution in [0.15, 0.2) is 77.8 Å². The van der Waals surface area contributed by atoms with E-state index in [2.05, 4.69) is 10.3 Å². The normalized spacial score (nSPS) is 13.4. The highest BCUT2D eigenvalue weighted by atomic mass is 19.1. The molecule has 0 aromatic heterocycles. The number of hydrogen-bond donors (Lipinski definition) is 1. The van der Waals surface area contributed by atoms with E-state index in [0.717, 1.165) is 40.7 Å². The molecule has 0 unspecified atom stereocenters. The van der Waals surface area contributed by atoms with Crippen molar-refractivity contribution in [3.63, 3.8) is 0 Å². The minimum Gasteiger partial charge on any atom is -0.359 e. The molecule has 0 radical (unpaired) electrons. The summed E-state index contributed by atoms with van der Waals surface area (Å²) in [5.41, 5.74) is 4.11. The number of nitrogens with one attached hydrogen (secondary N) is 1. The number of aliphatic imine (C=N–C) groups is 1. The monoisotopic (exact) mass is 505 g/mol. The van der Waals surface area contributed by atoms with Crippen LogP contribution in [0.4, 0.5) is 14.5 Å². The number of ketones is 1. The standard InChI is InChI=1S/C16H14N2O.C13H15F2NO2/c1-18-14-10-6-5-9-13(14)16(17-11-15(18)19)12-7-3-2-4-8-12;1-8(13(18)16-2)3-12(17)6-9-4-10(14)7-11(15)5-9/h2-10H,11H2,1H3;4-5,7-8H,3,6H2,1-2H3,(H,16,18)/t;8-/m.1/s1. The average molecular weight is 506 g/mol. The highest BCUT2D eigenvalue weighted by Crippen LogP contribution is 2.25. The van der Waals surface area contributed by atoms with E-state index in [1.807, 2.05) is 54.6 Å². The summed E-state index contributed by atoms with van der Waals surface area (Å²) in [4.78, 5) is 41.0. The molecule has 2 amide bonds. The van der Waals surface area contributed by atoms with Crippen LogP contribution in [0, 0.1) is 17.6 Å². The minimum atomic E-state index is -0.711. The van der Waals surface area contributed by atoms with Crippen LogP contribution in [0.2, 0.25) is 0 Å². The highest BCUT2D eigenvalue weighted by molar-refractivity contribution is 6.19. The van der Waals surface area contributed by atoms with Gasteiger partial charge in [-0.25, -0.2) is 8.78 Å². The Morgan fingerprint density at radius 2 is 1.62 bits per heavy atom. The third-order valence-corrected chi connectivity index (χ3v) is 5.87. The number of benzene rings is 3. The first-order valence-electron chi connectivity index (χ1n) is 11.8. The number of carbonyl (C=O) groups is 3. The lowest BCUT2D eigenvalue weighted by Gasteiger charge is -2.17. The first-order chi connectivity index (χ1) is 17.7. The van der Waals surface area contributed by atoms with E-state index in [-0.39, 0.29) is 42.5 Å². The van der Waals surface area contributed by atoms with Gasteiger partial charge >= 0.3 is 0 Å². The molecule has 1 aliphatic rings. The SMILES string of the molecule is CN1C(=O)CN=C(c2ccccc2)c2ccccc21.CNC(=O)[C@H](C)CC(=O)Cc1cc(F)cc(F)c1. The predicted octanol–water partition coefficient (Wildman–Crippen LogP) is 4.35. The van der Waals surface area contributed by atoms with Crippen LogP contribution >= 0.6 is 0 Å². The van der Waals surface area contributed by atoms with Crippen molar-refractivity contribution in [2.75, 3.05) is 25.5 Å². The zero-order chi connectivity index (χ0) is 26.9. The van der Waals surface area contributed by atoms with E-state index in [9.17, 15) is 23.2 Å². The van der Waals surface area contributed by atoms with Crippen LogP contribution in [-0.4, -0.2) is 43.9 Å². The van der Waals surface area contributed by atoms with Crippen molar-refractivity contribution in [1.29, 1.82) is 0 Å². The number of fused-ring (bicyclic) bond motifs is 1. The van der Waals surface area contributed by atoms with Gasteiger partial charge in [0.2, 0.25) is 11.8 Å². The summed E-state index contributed by atoms with van der Waals surface area (Å²) < 4.78 is 25.8. The second kappa shape index (κ2) is 12.7. The zero-order valence-electron chi connectivity index (χ0n) is 21.0. The highest BCUT2D eigenvalue weighted by Gasteiger charge is 2.21. The molecule has 0 saturated heterocycles. The van der Waals surface area contributed by atoms with Crippen molar-refractivity contribution < 1.29 is 23.2 Å². The topological polar surface area (TPSA) is 78.8 Å². The molecule has 4 rings (SSSR count). The molecule has 8 heteroatoms. The van der Waals surface area contributed by atoms with E-state index >= 15 is 0 Å². The zero-order valence-corrected chi connectivity index (χ0v) is 21.0. The first kappa shape index (κ1) is 27.4. The molecule has 0 bridgehead atoms. The molecule has 1 N–H and O–H groups in total. The summed E-state index contributed by atoms with van der Waals surface area (Å²) in [6.45, 7) is 1.82. The van der Waals surface area contributed by atoms with Crippen LogP contribution in [-0.2, 0) is 20.8 Å². The van der Waals surface area contributed by atoms with Gasteiger partial charge < -0.3 is 10.2 Å². The fourth-order valence-corrected chi connectivity index (χ4v) is 3.97. The Morgan fingerprint density at radius 3 is 2.27 bits per heavy atom. The molecule has 3 aromatic carbocycles. The van der Waals surface area contributed by atoms with E-state index in [0.29, 0.717) is 0 Å². The van der Waals surface area contributed by atoms with Crippen LogP contribution in [0.1, 0.15) is 30.0 Å². The molecular weight excluding hydrogens is 476 g/mol. The van der Waals surface area contributed by atoms with Gasteiger partial charge in [0.25, 0.3) is 0 Å². The van der Waals surface area contributed by atoms with Crippen LogP contribution in [0.5, 0.6) is 0 Å². The molecule has 0 fully saturated rings. The van der Waals surface area contributed by atoms with E-state index < -0.39 is 17.6 Å². The van der Waals surface area contributed by atoms with Gasteiger partial charge in [0.05, 0.1) is 11.4 Å². The maximum Gasteiger partial charge on any atom is 0.248 e. The van der Waals surface area contributed by atoms with Crippen molar-refractivity contribution in [3.05, 3.63) is 101 Å². The lowest BCUT2D eigenvalue weighted by atomic mass is 9.99. The van der Waals surface area contributed by atoms with Gasteiger partial charge in [-0.3, -0.25) is 19.4 Å². The van der Waals surface area contributed by atoms with Gasteiger partial charge in [-0.2, -0.15) is 0 Å². The van der Waals surface area contributed by atoms with E-state index in [1.165, 1.54) is 7.05 Å². The number of amides is 2. The third-order valence-electron chi connectivity index (χ3n) is 5.87. The number of para-hydroxylation sites is 1. The average Bonchev–Trinajstić information content (AvgIpc) is 3.00. The smallest absolute Gasteiger partial charge is 0.248 e. The van der Waals surface area contributed by atoms with Gasteiger partial charge in [0.1, 0.15) is 24.0 Å². The van der Waals surface area contributed by atoms with Crippen LogP contribution < -0.4 is 10.2 Å². The summed E-state index contributed by atoms with van der Waals surface area (Å²) in [5.74, 6) is -2.31.